The minimum absolute atomic E-state index is 0.0870. The van der Waals surface area contributed by atoms with E-state index in [-0.39, 0.29) is 11.7 Å². The van der Waals surface area contributed by atoms with Gasteiger partial charge in [0.05, 0.1) is 0 Å². The second-order valence-electron chi connectivity index (χ2n) is 7.40. The molecule has 2 fully saturated rings. The molecule has 1 aliphatic heterocycles. The number of hydrogen-bond acceptors (Lipinski definition) is 3. The minimum atomic E-state index is 0.0870. The first-order chi connectivity index (χ1) is 11.0. The van der Waals surface area contributed by atoms with Gasteiger partial charge in [0.15, 0.2) is 0 Å². The maximum absolute atomic E-state index is 12.8. The highest BCUT2D eigenvalue weighted by Crippen LogP contribution is 2.32. The van der Waals surface area contributed by atoms with E-state index in [1.165, 1.54) is 19.4 Å². The van der Waals surface area contributed by atoms with Gasteiger partial charge in [-0.15, -0.1) is 0 Å². The van der Waals surface area contributed by atoms with Crippen LogP contribution in [0.1, 0.15) is 43.5 Å². The molecular formula is C19H28N2O2. The summed E-state index contributed by atoms with van der Waals surface area (Å²) in [5.74, 6) is 1.72. The lowest BCUT2D eigenvalue weighted by molar-refractivity contribution is 0.0704. The lowest BCUT2D eigenvalue weighted by Crippen LogP contribution is -2.46. The summed E-state index contributed by atoms with van der Waals surface area (Å²) < 4.78 is 0. The van der Waals surface area contributed by atoms with Gasteiger partial charge in [-0.1, -0.05) is 13.8 Å². The summed E-state index contributed by atoms with van der Waals surface area (Å²) in [6.07, 6.45) is 3.79. The molecule has 1 atom stereocenters. The SMILES string of the molecule is CC(C)C1CN(C(=O)c2ccc(O)cc2)CCCN1CC1CC1. The van der Waals surface area contributed by atoms with Gasteiger partial charge in [0.25, 0.3) is 5.91 Å². The molecule has 1 heterocycles. The van der Waals surface area contributed by atoms with E-state index in [1.807, 2.05) is 4.90 Å². The molecule has 1 aliphatic carbocycles. The molecule has 0 aromatic heterocycles. The largest absolute Gasteiger partial charge is 0.508 e. The van der Waals surface area contributed by atoms with Gasteiger partial charge in [0.2, 0.25) is 0 Å². The molecule has 0 radical (unpaired) electrons. The first kappa shape index (κ1) is 16.3. The van der Waals surface area contributed by atoms with Gasteiger partial charge >= 0.3 is 0 Å². The van der Waals surface area contributed by atoms with Crippen LogP contribution in [0.3, 0.4) is 0 Å². The van der Waals surface area contributed by atoms with Crippen molar-refractivity contribution < 1.29 is 9.90 Å². The van der Waals surface area contributed by atoms with Crippen LogP contribution in [0.5, 0.6) is 5.75 Å². The zero-order valence-corrected chi connectivity index (χ0v) is 14.2. The van der Waals surface area contributed by atoms with E-state index < -0.39 is 0 Å². The van der Waals surface area contributed by atoms with Crippen LogP contribution < -0.4 is 0 Å². The van der Waals surface area contributed by atoms with Crippen molar-refractivity contribution in [2.45, 2.75) is 39.2 Å². The smallest absolute Gasteiger partial charge is 0.253 e. The number of rotatable bonds is 4. The molecule has 3 rings (SSSR count). The van der Waals surface area contributed by atoms with Crippen LogP contribution in [0, 0.1) is 11.8 Å². The van der Waals surface area contributed by atoms with E-state index in [0.29, 0.717) is 17.5 Å². The summed E-state index contributed by atoms with van der Waals surface area (Å²) in [6.45, 7) is 8.45. The van der Waals surface area contributed by atoms with Crippen LogP contribution in [0.25, 0.3) is 0 Å². The number of phenolic OH excluding ortho intramolecular Hbond substituents is 1. The highest BCUT2D eigenvalue weighted by atomic mass is 16.3. The van der Waals surface area contributed by atoms with Gasteiger partial charge in [-0.2, -0.15) is 0 Å². The molecule has 1 aromatic carbocycles. The van der Waals surface area contributed by atoms with Crippen molar-refractivity contribution in [2.75, 3.05) is 26.2 Å². The molecule has 1 N–H and O–H groups in total. The maximum Gasteiger partial charge on any atom is 0.253 e. The molecule has 4 heteroatoms. The number of carbonyl (C=O) groups is 1. The zero-order valence-electron chi connectivity index (χ0n) is 14.2. The van der Waals surface area contributed by atoms with Crippen LogP contribution in [0.2, 0.25) is 0 Å². The topological polar surface area (TPSA) is 43.8 Å². The average Bonchev–Trinajstić information content (AvgIpc) is 3.34. The van der Waals surface area contributed by atoms with Crippen molar-refractivity contribution in [1.29, 1.82) is 0 Å². The Hall–Kier alpha value is -1.55. The van der Waals surface area contributed by atoms with Crippen molar-refractivity contribution in [3.8, 4) is 5.75 Å². The Bertz CT molecular complexity index is 537. The molecule has 1 saturated heterocycles. The van der Waals surface area contributed by atoms with Gasteiger partial charge < -0.3 is 10.0 Å². The molecule has 0 spiro atoms. The first-order valence-corrected chi connectivity index (χ1v) is 8.87. The van der Waals surface area contributed by atoms with E-state index in [4.69, 9.17) is 0 Å². The van der Waals surface area contributed by atoms with E-state index in [2.05, 4.69) is 18.7 Å². The quantitative estimate of drug-likeness (QED) is 0.929. The molecular weight excluding hydrogens is 288 g/mol. The molecule has 1 saturated carbocycles. The molecule has 0 bridgehead atoms. The highest BCUT2D eigenvalue weighted by molar-refractivity contribution is 5.94. The predicted molar refractivity (Wildman–Crippen MR) is 91.6 cm³/mol. The van der Waals surface area contributed by atoms with Crippen molar-refractivity contribution in [2.24, 2.45) is 11.8 Å². The number of nitrogens with zero attached hydrogens (tertiary/aromatic N) is 2. The van der Waals surface area contributed by atoms with Crippen LogP contribution in [-0.2, 0) is 0 Å². The Morgan fingerprint density at radius 3 is 2.52 bits per heavy atom. The Balaban J connectivity index is 1.72. The first-order valence-electron chi connectivity index (χ1n) is 8.87. The van der Waals surface area contributed by atoms with Crippen molar-refractivity contribution in [3.63, 3.8) is 0 Å². The standard InChI is InChI=1S/C19H28N2O2/c1-14(2)18-13-21(11-3-10-20(18)12-15-4-5-15)19(23)16-6-8-17(22)9-7-16/h6-9,14-15,18,22H,3-5,10-13H2,1-2H3. The molecule has 126 valence electrons. The second-order valence-corrected chi connectivity index (χ2v) is 7.40. The Morgan fingerprint density at radius 2 is 1.91 bits per heavy atom. The summed E-state index contributed by atoms with van der Waals surface area (Å²) in [5.41, 5.74) is 0.668. The Morgan fingerprint density at radius 1 is 1.22 bits per heavy atom. The maximum atomic E-state index is 12.8. The second kappa shape index (κ2) is 6.91. The third-order valence-corrected chi connectivity index (χ3v) is 5.11. The normalized spacial score (nSPS) is 23.1. The van der Waals surface area contributed by atoms with E-state index in [9.17, 15) is 9.90 Å². The minimum Gasteiger partial charge on any atom is -0.508 e. The van der Waals surface area contributed by atoms with Crippen molar-refractivity contribution in [3.05, 3.63) is 29.8 Å². The Kier molecular flexibility index (Phi) is 4.90. The van der Waals surface area contributed by atoms with Gasteiger partial charge in [-0.3, -0.25) is 9.69 Å². The van der Waals surface area contributed by atoms with E-state index in [0.717, 1.165) is 32.0 Å². The van der Waals surface area contributed by atoms with Crippen LogP contribution in [0.15, 0.2) is 24.3 Å². The van der Waals surface area contributed by atoms with Crippen LogP contribution >= 0.6 is 0 Å². The number of aromatic hydroxyl groups is 1. The zero-order chi connectivity index (χ0) is 16.4. The fraction of sp³-hybridized carbons (Fsp3) is 0.632. The van der Waals surface area contributed by atoms with E-state index >= 15 is 0 Å². The van der Waals surface area contributed by atoms with Gasteiger partial charge in [0, 0.05) is 37.8 Å². The fourth-order valence-electron chi connectivity index (χ4n) is 3.53. The third-order valence-electron chi connectivity index (χ3n) is 5.11. The Labute approximate surface area is 139 Å². The number of phenols is 1. The van der Waals surface area contributed by atoms with Crippen molar-refractivity contribution in [1.82, 2.24) is 9.80 Å². The predicted octanol–water partition coefficient (Wildman–Crippen LogP) is 2.97. The van der Waals surface area contributed by atoms with Crippen LogP contribution in [-0.4, -0.2) is 53.0 Å². The summed E-state index contributed by atoms with van der Waals surface area (Å²) in [5, 5.41) is 9.40. The number of benzene rings is 1. The lowest BCUT2D eigenvalue weighted by atomic mass is 10.0. The number of hydrogen-bond donors (Lipinski definition) is 1. The molecule has 23 heavy (non-hydrogen) atoms. The summed E-state index contributed by atoms with van der Waals surface area (Å²) in [7, 11) is 0. The molecule has 1 amide bonds. The average molecular weight is 316 g/mol. The monoisotopic (exact) mass is 316 g/mol. The van der Waals surface area contributed by atoms with E-state index in [1.54, 1.807) is 24.3 Å². The molecule has 1 unspecified atom stereocenters. The lowest BCUT2D eigenvalue weighted by Gasteiger charge is -2.34. The summed E-state index contributed by atoms with van der Waals surface area (Å²) in [4.78, 5) is 17.4. The highest BCUT2D eigenvalue weighted by Gasteiger charge is 2.33. The van der Waals surface area contributed by atoms with Gasteiger partial charge in [0.1, 0.15) is 5.75 Å². The number of amides is 1. The third kappa shape index (κ3) is 4.05. The van der Waals surface area contributed by atoms with Gasteiger partial charge in [-0.25, -0.2) is 0 Å². The van der Waals surface area contributed by atoms with Gasteiger partial charge in [-0.05, 0) is 55.4 Å². The number of carbonyl (C=O) groups excluding carboxylic acids is 1. The summed E-state index contributed by atoms with van der Waals surface area (Å²) >= 11 is 0. The fourth-order valence-corrected chi connectivity index (χ4v) is 3.53. The summed E-state index contributed by atoms with van der Waals surface area (Å²) in [6, 6.07) is 7.05. The molecule has 2 aliphatic rings. The molecule has 4 nitrogen and oxygen atoms in total. The van der Waals surface area contributed by atoms with Crippen LogP contribution in [0.4, 0.5) is 0 Å². The molecule has 1 aromatic rings. The van der Waals surface area contributed by atoms with Crippen molar-refractivity contribution >= 4 is 5.91 Å².